The molecule has 0 amide bonds. The number of fused-ring (bicyclic) bond motifs is 1. The fourth-order valence-corrected chi connectivity index (χ4v) is 2.31. The number of esters is 1. The molecule has 0 fully saturated rings. The second-order valence-corrected chi connectivity index (χ2v) is 6.48. The number of para-hydroxylation sites is 1. The summed E-state index contributed by atoms with van der Waals surface area (Å²) in [5.74, 6) is -0.257. The first-order valence-corrected chi connectivity index (χ1v) is 7.85. The Morgan fingerprint density at radius 2 is 2.09 bits per heavy atom. The van der Waals surface area contributed by atoms with Crippen LogP contribution in [0.4, 0.5) is 5.69 Å². The van der Waals surface area contributed by atoms with Gasteiger partial charge in [0, 0.05) is 11.6 Å². The van der Waals surface area contributed by atoms with E-state index in [1.807, 2.05) is 51.1 Å². The summed E-state index contributed by atoms with van der Waals surface area (Å²) in [6.45, 7) is 9.34. The van der Waals surface area contributed by atoms with Crippen LogP contribution < -0.4 is 5.32 Å². The minimum atomic E-state index is -0.512. The lowest BCUT2D eigenvalue weighted by atomic mass is 10.1. The van der Waals surface area contributed by atoms with Crippen LogP contribution in [-0.4, -0.2) is 22.6 Å². The molecule has 23 heavy (non-hydrogen) atoms. The number of nitrogens with one attached hydrogen (secondary N) is 1. The summed E-state index contributed by atoms with van der Waals surface area (Å²) in [5.41, 5.74) is 1.17. The summed E-state index contributed by atoms with van der Waals surface area (Å²) in [5, 5.41) is 4.33. The topological polar surface area (TPSA) is 51.2 Å². The summed E-state index contributed by atoms with van der Waals surface area (Å²) < 4.78 is 5.53. The highest BCUT2D eigenvalue weighted by molar-refractivity contribution is 5.92. The lowest BCUT2D eigenvalue weighted by Crippen LogP contribution is -2.36. The smallest absolute Gasteiger partial charge is 0.329 e. The lowest BCUT2D eigenvalue weighted by Gasteiger charge is -2.25. The van der Waals surface area contributed by atoms with Crippen LogP contribution in [0.25, 0.3) is 10.9 Å². The van der Waals surface area contributed by atoms with Gasteiger partial charge >= 0.3 is 5.97 Å². The SMILES string of the molecule is C=CCC[C@@H](Nc1cccc2cccnc12)C(=O)OC(C)(C)C. The van der Waals surface area contributed by atoms with Crippen molar-refractivity contribution in [1.82, 2.24) is 4.98 Å². The fourth-order valence-electron chi connectivity index (χ4n) is 2.31. The Morgan fingerprint density at radius 3 is 2.78 bits per heavy atom. The fraction of sp³-hybridized carbons (Fsp3) is 0.368. The molecule has 0 saturated heterocycles. The molecule has 0 bridgehead atoms. The molecule has 4 heteroatoms. The third-order valence-corrected chi connectivity index (χ3v) is 3.31. The predicted molar refractivity (Wildman–Crippen MR) is 94.4 cm³/mol. The molecule has 1 aromatic heterocycles. The van der Waals surface area contributed by atoms with Gasteiger partial charge in [0.1, 0.15) is 11.6 Å². The van der Waals surface area contributed by atoms with Crippen LogP contribution in [0.5, 0.6) is 0 Å². The van der Waals surface area contributed by atoms with Gasteiger partial charge in [-0.05, 0) is 45.7 Å². The number of ether oxygens (including phenoxy) is 1. The van der Waals surface area contributed by atoms with Crippen LogP contribution >= 0.6 is 0 Å². The first kappa shape index (κ1) is 17.0. The number of carbonyl (C=O) groups excluding carboxylic acids is 1. The number of hydrogen-bond donors (Lipinski definition) is 1. The number of carbonyl (C=O) groups is 1. The summed E-state index contributed by atoms with van der Waals surface area (Å²) in [4.78, 5) is 16.9. The van der Waals surface area contributed by atoms with E-state index >= 15 is 0 Å². The van der Waals surface area contributed by atoms with Crippen LogP contribution in [0, 0.1) is 0 Å². The van der Waals surface area contributed by atoms with E-state index in [0.29, 0.717) is 6.42 Å². The van der Waals surface area contributed by atoms with E-state index in [1.54, 1.807) is 12.3 Å². The standard InChI is InChI=1S/C19H24N2O2/c1-5-6-11-16(18(22)23-19(2,3)4)21-15-12-7-9-14-10-8-13-20-17(14)15/h5,7-10,12-13,16,21H,1,6,11H2,2-4H3/t16-/m1/s1. The molecular formula is C19H24N2O2. The molecule has 4 nitrogen and oxygen atoms in total. The normalized spacial score (nSPS) is 12.7. The number of anilines is 1. The number of allylic oxidation sites excluding steroid dienone is 1. The van der Waals surface area contributed by atoms with Gasteiger partial charge in [0.15, 0.2) is 0 Å². The zero-order chi connectivity index (χ0) is 16.9. The maximum atomic E-state index is 12.5. The number of hydrogen-bond acceptors (Lipinski definition) is 4. The van der Waals surface area contributed by atoms with Gasteiger partial charge in [-0.15, -0.1) is 6.58 Å². The van der Waals surface area contributed by atoms with Gasteiger partial charge in [0.2, 0.25) is 0 Å². The van der Waals surface area contributed by atoms with Crippen molar-refractivity contribution in [3.05, 3.63) is 49.2 Å². The van der Waals surface area contributed by atoms with Crippen molar-refractivity contribution in [2.75, 3.05) is 5.32 Å². The number of benzene rings is 1. The lowest BCUT2D eigenvalue weighted by molar-refractivity contribution is -0.155. The van der Waals surface area contributed by atoms with E-state index in [9.17, 15) is 4.79 Å². The van der Waals surface area contributed by atoms with Crippen molar-refractivity contribution in [2.24, 2.45) is 0 Å². The Morgan fingerprint density at radius 1 is 1.35 bits per heavy atom. The van der Waals surface area contributed by atoms with Gasteiger partial charge in [0.05, 0.1) is 11.2 Å². The van der Waals surface area contributed by atoms with Crippen LogP contribution in [0.1, 0.15) is 33.6 Å². The molecule has 1 N–H and O–H groups in total. The highest BCUT2D eigenvalue weighted by atomic mass is 16.6. The number of aromatic nitrogens is 1. The Bertz CT molecular complexity index is 684. The van der Waals surface area contributed by atoms with E-state index < -0.39 is 11.6 Å². The molecule has 1 atom stereocenters. The van der Waals surface area contributed by atoms with E-state index in [-0.39, 0.29) is 5.97 Å². The van der Waals surface area contributed by atoms with Crippen molar-refractivity contribution < 1.29 is 9.53 Å². The predicted octanol–water partition coefficient (Wildman–Crippen LogP) is 4.32. The Kier molecular flexibility index (Phi) is 5.37. The molecule has 0 aliphatic rings. The highest BCUT2D eigenvalue weighted by Gasteiger charge is 2.25. The number of rotatable bonds is 6. The van der Waals surface area contributed by atoms with Gasteiger partial charge < -0.3 is 10.1 Å². The Labute approximate surface area is 137 Å². The minimum absolute atomic E-state index is 0.257. The van der Waals surface area contributed by atoms with Crippen molar-refractivity contribution >= 4 is 22.6 Å². The Hall–Kier alpha value is -2.36. The zero-order valence-electron chi connectivity index (χ0n) is 14.0. The quantitative estimate of drug-likeness (QED) is 0.637. The summed E-state index contributed by atoms with van der Waals surface area (Å²) in [6, 6.07) is 9.35. The maximum absolute atomic E-state index is 12.5. The molecule has 2 rings (SSSR count). The molecule has 0 radical (unpaired) electrons. The molecular weight excluding hydrogens is 288 g/mol. The van der Waals surface area contributed by atoms with E-state index in [0.717, 1.165) is 23.0 Å². The van der Waals surface area contributed by atoms with Crippen molar-refractivity contribution in [3.8, 4) is 0 Å². The monoisotopic (exact) mass is 312 g/mol. The average Bonchev–Trinajstić information content (AvgIpc) is 2.49. The molecule has 1 heterocycles. The number of pyridine rings is 1. The highest BCUT2D eigenvalue weighted by Crippen LogP contribution is 2.23. The molecule has 0 aliphatic carbocycles. The van der Waals surface area contributed by atoms with Gasteiger partial charge in [-0.3, -0.25) is 4.98 Å². The van der Waals surface area contributed by atoms with Crippen LogP contribution in [-0.2, 0) is 9.53 Å². The Balaban J connectivity index is 2.25. The minimum Gasteiger partial charge on any atom is -0.458 e. The van der Waals surface area contributed by atoms with Crippen molar-refractivity contribution in [2.45, 2.75) is 45.3 Å². The van der Waals surface area contributed by atoms with Gasteiger partial charge in [-0.25, -0.2) is 4.79 Å². The summed E-state index contributed by atoms with van der Waals surface area (Å²) in [6.07, 6.45) is 4.91. The van der Waals surface area contributed by atoms with E-state index in [2.05, 4.69) is 16.9 Å². The largest absolute Gasteiger partial charge is 0.458 e. The first-order chi connectivity index (χ1) is 10.9. The maximum Gasteiger partial charge on any atom is 0.329 e. The molecule has 0 unspecified atom stereocenters. The molecule has 0 spiro atoms. The van der Waals surface area contributed by atoms with Crippen molar-refractivity contribution in [3.63, 3.8) is 0 Å². The first-order valence-electron chi connectivity index (χ1n) is 7.85. The van der Waals surface area contributed by atoms with Crippen LogP contribution in [0.3, 0.4) is 0 Å². The summed E-state index contributed by atoms with van der Waals surface area (Å²) >= 11 is 0. The van der Waals surface area contributed by atoms with Crippen molar-refractivity contribution in [1.29, 1.82) is 0 Å². The van der Waals surface area contributed by atoms with Gasteiger partial charge in [-0.1, -0.05) is 24.3 Å². The van der Waals surface area contributed by atoms with Crippen LogP contribution in [0.2, 0.25) is 0 Å². The second-order valence-electron chi connectivity index (χ2n) is 6.48. The molecule has 122 valence electrons. The molecule has 0 aliphatic heterocycles. The molecule has 2 aromatic rings. The van der Waals surface area contributed by atoms with E-state index in [4.69, 9.17) is 4.74 Å². The van der Waals surface area contributed by atoms with Gasteiger partial charge in [-0.2, -0.15) is 0 Å². The third-order valence-electron chi connectivity index (χ3n) is 3.31. The van der Waals surface area contributed by atoms with Crippen LogP contribution in [0.15, 0.2) is 49.2 Å². The summed E-state index contributed by atoms with van der Waals surface area (Å²) in [7, 11) is 0. The number of nitrogens with zero attached hydrogens (tertiary/aromatic N) is 1. The second kappa shape index (κ2) is 7.27. The molecule has 0 saturated carbocycles. The molecule has 1 aromatic carbocycles. The zero-order valence-corrected chi connectivity index (χ0v) is 14.0. The van der Waals surface area contributed by atoms with E-state index in [1.165, 1.54) is 0 Å². The third kappa shape index (κ3) is 4.81. The average molecular weight is 312 g/mol. The van der Waals surface area contributed by atoms with Gasteiger partial charge in [0.25, 0.3) is 0 Å².